The molecule has 58 valence electrons. The first kappa shape index (κ1) is 7.32. The van der Waals surface area contributed by atoms with Gasteiger partial charge in [0.25, 0.3) is 0 Å². The number of Topliss-reactive ketones (excluding diaryl/α,β-unsaturated/α-hetero) is 1. The van der Waals surface area contributed by atoms with Crippen LogP contribution in [0.3, 0.4) is 0 Å². The molecule has 7 nitrogen and oxygen atoms in total. The molecule has 1 saturated heterocycles. The van der Waals surface area contributed by atoms with E-state index in [0.29, 0.717) is 0 Å². The van der Waals surface area contributed by atoms with E-state index in [1.165, 1.54) is 5.32 Å². The van der Waals surface area contributed by atoms with E-state index in [-0.39, 0.29) is 0 Å². The molecule has 2 amide bonds. The van der Waals surface area contributed by atoms with Crippen LogP contribution in [0.1, 0.15) is 0 Å². The molecule has 0 spiro atoms. The highest BCUT2D eigenvalue weighted by Gasteiger charge is 2.49. The van der Waals surface area contributed by atoms with Crippen molar-refractivity contribution >= 4 is 17.6 Å². The SMILES string of the molecule is O=C1NC(=O)C([N+](=O)[O-])C1=O. The zero-order chi connectivity index (χ0) is 8.59. The summed E-state index contributed by atoms with van der Waals surface area (Å²) < 4.78 is 0. The summed E-state index contributed by atoms with van der Waals surface area (Å²) in [5, 5.41) is 11.5. The summed E-state index contributed by atoms with van der Waals surface area (Å²) in [6.07, 6.45) is 0. The molecule has 1 N–H and O–H groups in total. The van der Waals surface area contributed by atoms with Crippen molar-refractivity contribution in [1.29, 1.82) is 0 Å². The highest BCUT2D eigenvalue weighted by molar-refractivity contribution is 6.49. The molecule has 0 aromatic rings. The second-order valence-corrected chi connectivity index (χ2v) is 1.87. The summed E-state index contributed by atoms with van der Waals surface area (Å²) in [6.45, 7) is 0. The second-order valence-electron chi connectivity index (χ2n) is 1.87. The number of hydrogen-bond donors (Lipinski definition) is 1. The van der Waals surface area contributed by atoms with Crippen molar-refractivity contribution in [2.24, 2.45) is 0 Å². The van der Waals surface area contributed by atoms with Crippen molar-refractivity contribution in [3.8, 4) is 0 Å². The lowest BCUT2D eigenvalue weighted by atomic mass is 10.2. The summed E-state index contributed by atoms with van der Waals surface area (Å²) in [4.78, 5) is 40.1. The van der Waals surface area contributed by atoms with Crippen molar-refractivity contribution in [3.05, 3.63) is 10.1 Å². The third kappa shape index (κ3) is 0.955. The molecule has 0 bridgehead atoms. The van der Waals surface area contributed by atoms with Crippen LogP contribution in [-0.4, -0.2) is 28.6 Å². The lowest BCUT2D eigenvalue weighted by molar-refractivity contribution is -0.491. The average molecular weight is 158 g/mol. The molecule has 0 aliphatic carbocycles. The minimum absolute atomic E-state index is 1.09. The fourth-order valence-corrected chi connectivity index (χ4v) is 0.677. The molecule has 1 aliphatic heterocycles. The van der Waals surface area contributed by atoms with E-state index in [1.54, 1.807) is 0 Å². The van der Waals surface area contributed by atoms with E-state index >= 15 is 0 Å². The molecule has 0 aromatic heterocycles. The summed E-state index contributed by atoms with van der Waals surface area (Å²) >= 11 is 0. The van der Waals surface area contributed by atoms with E-state index in [1.807, 2.05) is 0 Å². The molecule has 1 atom stereocenters. The maximum absolute atomic E-state index is 10.5. The molecular weight excluding hydrogens is 156 g/mol. The predicted octanol–water partition coefficient (Wildman–Crippen LogP) is -2.14. The molecule has 1 aliphatic rings. The Morgan fingerprint density at radius 3 is 2.09 bits per heavy atom. The number of amides is 2. The highest BCUT2D eigenvalue weighted by atomic mass is 16.6. The monoisotopic (exact) mass is 158 g/mol. The largest absolute Gasteiger partial charge is 0.356 e. The quantitative estimate of drug-likeness (QED) is 0.154. The fourth-order valence-electron chi connectivity index (χ4n) is 0.677. The Bertz CT molecular complexity index is 270. The summed E-state index contributed by atoms with van der Waals surface area (Å²) in [6, 6.07) is -2.04. The van der Waals surface area contributed by atoms with E-state index in [2.05, 4.69) is 0 Å². The third-order valence-corrected chi connectivity index (χ3v) is 1.17. The van der Waals surface area contributed by atoms with Gasteiger partial charge in [-0.25, -0.2) is 0 Å². The zero-order valence-corrected chi connectivity index (χ0v) is 5.07. The lowest BCUT2D eigenvalue weighted by Gasteiger charge is -1.91. The maximum atomic E-state index is 10.5. The van der Waals surface area contributed by atoms with Crippen LogP contribution in [0.5, 0.6) is 0 Å². The minimum atomic E-state index is -2.04. The summed E-state index contributed by atoms with van der Waals surface area (Å²) in [5.41, 5.74) is 0. The highest BCUT2D eigenvalue weighted by Crippen LogP contribution is 2.00. The molecule has 0 saturated carbocycles. The topological polar surface area (TPSA) is 106 Å². The average Bonchev–Trinajstić information content (AvgIpc) is 2.07. The van der Waals surface area contributed by atoms with Gasteiger partial charge in [0.05, 0.1) is 0 Å². The molecule has 1 unspecified atom stereocenters. The van der Waals surface area contributed by atoms with Gasteiger partial charge in [0.15, 0.2) is 0 Å². The Morgan fingerprint density at radius 1 is 1.36 bits per heavy atom. The molecule has 11 heavy (non-hydrogen) atoms. The number of hydrogen-bond acceptors (Lipinski definition) is 5. The first-order valence-corrected chi connectivity index (χ1v) is 2.56. The van der Waals surface area contributed by atoms with Crippen molar-refractivity contribution in [2.45, 2.75) is 6.04 Å². The van der Waals surface area contributed by atoms with Crippen LogP contribution in [-0.2, 0) is 14.4 Å². The number of nitro groups is 1. The Morgan fingerprint density at radius 2 is 1.91 bits per heavy atom. The number of nitrogens with zero attached hydrogens (tertiary/aromatic N) is 1. The first-order valence-electron chi connectivity index (χ1n) is 2.56. The van der Waals surface area contributed by atoms with Crippen LogP contribution in [0.2, 0.25) is 0 Å². The Kier molecular flexibility index (Phi) is 1.41. The van der Waals surface area contributed by atoms with Gasteiger partial charge in [-0.3, -0.25) is 29.8 Å². The van der Waals surface area contributed by atoms with Crippen molar-refractivity contribution in [3.63, 3.8) is 0 Å². The van der Waals surface area contributed by atoms with Crippen molar-refractivity contribution in [2.75, 3.05) is 0 Å². The van der Waals surface area contributed by atoms with Gasteiger partial charge in [0.1, 0.15) is 0 Å². The number of nitrogens with one attached hydrogen (secondary N) is 1. The molecule has 0 aromatic carbocycles. The van der Waals surface area contributed by atoms with Crippen LogP contribution in [0.4, 0.5) is 0 Å². The van der Waals surface area contributed by atoms with E-state index in [4.69, 9.17) is 0 Å². The van der Waals surface area contributed by atoms with Crippen LogP contribution in [0, 0.1) is 10.1 Å². The smallest absolute Gasteiger partial charge is 0.283 e. The molecule has 1 fully saturated rings. The minimum Gasteiger partial charge on any atom is -0.283 e. The third-order valence-electron chi connectivity index (χ3n) is 1.17. The van der Waals surface area contributed by atoms with Gasteiger partial charge in [0, 0.05) is 4.92 Å². The fraction of sp³-hybridized carbons (Fsp3) is 0.250. The van der Waals surface area contributed by atoms with Crippen molar-refractivity contribution < 1.29 is 19.3 Å². The predicted molar refractivity (Wildman–Crippen MR) is 28.9 cm³/mol. The Balaban J connectivity index is 2.98. The maximum Gasteiger partial charge on any atom is 0.356 e. The Hall–Kier alpha value is -1.79. The van der Waals surface area contributed by atoms with Gasteiger partial charge in [-0.15, -0.1) is 0 Å². The number of carbonyl (C=O) groups is 3. The van der Waals surface area contributed by atoms with Crippen LogP contribution < -0.4 is 5.32 Å². The van der Waals surface area contributed by atoms with Gasteiger partial charge in [-0.05, 0) is 0 Å². The summed E-state index contributed by atoms with van der Waals surface area (Å²) in [5.74, 6) is -3.68. The number of carbonyl (C=O) groups excluding carboxylic acids is 3. The summed E-state index contributed by atoms with van der Waals surface area (Å²) in [7, 11) is 0. The van der Waals surface area contributed by atoms with Crippen molar-refractivity contribution in [1.82, 2.24) is 5.32 Å². The van der Waals surface area contributed by atoms with Crippen LogP contribution >= 0.6 is 0 Å². The molecule has 0 radical (unpaired) electrons. The molecule has 1 heterocycles. The van der Waals surface area contributed by atoms with E-state index in [9.17, 15) is 24.5 Å². The van der Waals surface area contributed by atoms with Gasteiger partial charge in [-0.2, -0.15) is 0 Å². The first-order chi connectivity index (χ1) is 5.04. The second kappa shape index (κ2) is 2.11. The van der Waals surface area contributed by atoms with E-state index in [0.717, 1.165) is 0 Å². The number of rotatable bonds is 1. The molecule has 1 rings (SSSR count). The van der Waals surface area contributed by atoms with Gasteiger partial charge < -0.3 is 0 Å². The van der Waals surface area contributed by atoms with Crippen LogP contribution in [0.15, 0.2) is 0 Å². The van der Waals surface area contributed by atoms with Crippen LogP contribution in [0.25, 0.3) is 0 Å². The Labute approximate surface area is 59.5 Å². The molecule has 7 heteroatoms. The zero-order valence-electron chi connectivity index (χ0n) is 5.07. The normalized spacial score (nSPS) is 23.6. The lowest BCUT2D eigenvalue weighted by Crippen LogP contribution is -2.33. The van der Waals surface area contributed by atoms with Gasteiger partial charge >= 0.3 is 23.6 Å². The standard InChI is InChI=1S/C4H2N2O5/c7-2-1(6(10)11)3(8)5-4(2)9/h1H,(H,5,8,9). The van der Waals surface area contributed by atoms with E-state index < -0.39 is 28.6 Å². The van der Waals surface area contributed by atoms with Gasteiger partial charge in [0.2, 0.25) is 0 Å². The molecular formula is C4H2N2O5. The number of ketones is 1. The van der Waals surface area contributed by atoms with Gasteiger partial charge in [-0.1, -0.05) is 0 Å². The number of imide groups is 1.